The van der Waals surface area contributed by atoms with Gasteiger partial charge in [-0.1, -0.05) is 34.6 Å². The van der Waals surface area contributed by atoms with Crippen LogP contribution in [0.25, 0.3) is 0 Å². The second-order valence-corrected chi connectivity index (χ2v) is 15.2. The fourth-order valence-corrected chi connectivity index (χ4v) is 11.8. The van der Waals surface area contributed by atoms with Gasteiger partial charge < -0.3 is 20.1 Å². The van der Waals surface area contributed by atoms with Crippen LogP contribution in [0.5, 0.6) is 0 Å². The molecule has 5 nitrogen and oxygen atoms in total. The first-order valence-corrected chi connectivity index (χ1v) is 14.8. The van der Waals surface area contributed by atoms with E-state index in [0.29, 0.717) is 24.2 Å². The molecule has 0 amide bonds. The molecule has 0 radical (unpaired) electrons. The molecule has 36 heavy (non-hydrogen) atoms. The summed E-state index contributed by atoms with van der Waals surface area (Å²) in [6.45, 7) is 15.1. The molecule has 12 atom stereocenters. The summed E-state index contributed by atoms with van der Waals surface area (Å²) in [5.74, 6) is 1.66. The molecule has 206 valence electrons. The van der Waals surface area contributed by atoms with Gasteiger partial charge in [0.2, 0.25) is 0 Å². The van der Waals surface area contributed by atoms with E-state index in [2.05, 4.69) is 34.6 Å². The zero-order valence-electron chi connectivity index (χ0n) is 24.0. The van der Waals surface area contributed by atoms with Crippen LogP contribution in [0.2, 0.25) is 0 Å². The van der Waals surface area contributed by atoms with Crippen molar-refractivity contribution in [2.24, 2.45) is 57.2 Å². The van der Waals surface area contributed by atoms with E-state index in [1.54, 1.807) is 21.0 Å². The van der Waals surface area contributed by atoms with Crippen molar-refractivity contribution in [3.05, 3.63) is 0 Å². The van der Waals surface area contributed by atoms with Crippen LogP contribution in [-0.2, 0) is 9.53 Å². The number of ether oxygens (including phenoxy) is 1. The predicted octanol–water partition coefficient (Wildman–Crippen LogP) is 4.99. The number of aliphatic hydroxyl groups is 3. The predicted molar refractivity (Wildman–Crippen MR) is 140 cm³/mol. The first-order valence-electron chi connectivity index (χ1n) is 14.8. The van der Waals surface area contributed by atoms with Gasteiger partial charge in [-0.05, 0) is 111 Å². The molecule has 2 spiro atoms. The SMILES string of the molecule is CO[C@@H](CC[C@@H](C)C1[C@H](O)C(=O)C2[C@@H]3CCC4C(C)(C)[C@@H](O)CCC45[C@@H](C)[C@@]35CC[C@]12C)C(C)(C)O. The molecule has 0 aromatic heterocycles. The summed E-state index contributed by atoms with van der Waals surface area (Å²) >= 11 is 0. The molecule has 5 heteroatoms. The molecule has 5 aliphatic rings. The molecule has 0 bridgehead atoms. The lowest BCUT2D eigenvalue weighted by atomic mass is 9.46. The van der Waals surface area contributed by atoms with Crippen LogP contribution < -0.4 is 0 Å². The van der Waals surface area contributed by atoms with Crippen LogP contribution in [0.4, 0.5) is 0 Å². The third kappa shape index (κ3) is 3.18. The van der Waals surface area contributed by atoms with Gasteiger partial charge in [-0.15, -0.1) is 0 Å². The molecule has 0 aliphatic heterocycles. The zero-order valence-corrected chi connectivity index (χ0v) is 24.0. The van der Waals surface area contributed by atoms with Crippen molar-refractivity contribution in [1.82, 2.24) is 0 Å². The Morgan fingerprint density at radius 3 is 2.31 bits per heavy atom. The molecule has 5 saturated carbocycles. The largest absolute Gasteiger partial charge is 0.393 e. The Labute approximate surface area is 218 Å². The van der Waals surface area contributed by atoms with E-state index in [4.69, 9.17) is 4.74 Å². The highest BCUT2D eigenvalue weighted by Crippen LogP contribution is 2.89. The number of aliphatic hydroxyl groups excluding tert-OH is 2. The van der Waals surface area contributed by atoms with Gasteiger partial charge in [-0.2, -0.15) is 0 Å². The monoisotopic (exact) mass is 504 g/mol. The van der Waals surface area contributed by atoms with Crippen molar-refractivity contribution in [3.63, 3.8) is 0 Å². The lowest BCUT2D eigenvalue weighted by Gasteiger charge is -2.58. The van der Waals surface area contributed by atoms with E-state index in [9.17, 15) is 20.1 Å². The minimum Gasteiger partial charge on any atom is -0.393 e. The Bertz CT molecular complexity index is 892. The third-order valence-electron chi connectivity index (χ3n) is 13.4. The van der Waals surface area contributed by atoms with E-state index >= 15 is 0 Å². The zero-order chi connectivity index (χ0) is 26.6. The van der Waals surface area contributed by atoms with Crippen molar-refractivity contribution in [2.45, 2.75) is 124 Å². The van der Waals surface area contributed by atoms with Crippen LogP contribution in [0.3, 0.4) is 0 Å². The Balaban J connectivity index is 1.42. The second kappa shape index (κ2) is 8.26. The Hall–Kier alpha value is -0.490. The lowest BCUT2D eigenvalue weighted by Crippen LogP contribution is -2.55. The van der Waals surface area contributed by atoms with Crippen LogP contribution in [0, 0.1) is 57.2 Å². The van der Waals surface area contributed by atoms with Crippen LogP contribution in [-0.4, -0.2) is 52.1 Å². The highest BCUT2D eigenvalue weighted by molar-refractivity contribution is 5.90. The molecule has 0 aromatic carbocycles. The number of ketones is 1. The number of carbonyl (C=O) groups excluding carboxylic acids is 1. The van der Waals surface area contributed by atoms with Gasteiger partial charge in [0.1, 0.15) is 6.10 Å². The summed E-state index contributed by atoms with van der Waals surface area (Å²) in [6.07, 6.45) is 6.43. The number of hydrogen-bond donors (Lipinski definition) is 3. The van der Waals surface area contributed by atoms with Crippen molar-refractivity contribution in [2.75, 3.05) is 7.11 Å². The van der Waals surface area contributed by atoms with E-state index in [1.807, 2.05) is 0 Å². The molecule has 5 fully saturated rings. The maximum Gasteiger partial charge on any atom is 0.165 e. The van der Waals surface area contributed by atoms with Crippen LogP contribution in [0.15, 0.2) is 0 Å². The molecular formula is C31H52O5. The van der Waals surface area contributed by atoms with Crippen molar-refractivity contribution < 1.29 is 24.9 Å². The summed E-state index contributed by atoms with van der Waals surface area (Å²) in [5, 5.41) is 32.8. The molecule has 3 N–H and O–H groups in total. The lowest BCUT2D eigenvalue weighted by molar-refractivity contribution is -0.146. The second-order valence-electron chi connectivity index (χ2n) is 15.2. The summed E-state index contributed by atoms with van der Waals surface area (Å²) in [4.78, 5) is 13.9. The van der Waals surface area contributed by atoms with E-state index < -0.39 is 11.7 Å². The fraction of sp³-hybridized carbons (Fsp3) is 0.968. The topological polar surface area (TPSA) is 87.0 Å². The van der Waals surface area contributed by atoms with Crippen molar-refractivity contribution in [1.29, 1.82) is 0 Å². The molecular weight excluding hydrogens is 452 g/mol. The first kappa shape index (κ1) is 27.1. The average molecular weight is 505 g/mol. The van der Waals surface area contributed by atoms with Crippen molar-refractivity contribution in [3.8, 4) is 0 Å². The highest BCUT2D eigenvalue weighted by atomic mass is 16.5. The van der Waals surface area contributed by atoms with Gasteiger partial charge in [0.25, 0.3) is 0 Å². The molecule has 0 aromatic rings. The number of hydrogen-bond acceptors (Lipinski definition) is 5. The van der Waals surface area contributed by atoms with Gasteiger partial charge in [0.15, 0.2) is 5.78 Å². The fourth-order valence-electron chi connectivity index (χ4n) is 11.8. The van der Waals surface area contributed by atoms with Gasteiger partial charge >= 0.3 is 0 Å². The first-order chi connectivity index (χ1) is 16.6. The minimum atomic E-state index is -0.918. The summed E-state index contributed by atoms with van der Waals surface area (Å²) in [6, 6.07) is 0. The van der Waals surface area contributed by atoms with Gasteiger partial charge in [-0.3, -0.25) is 4.79 Å². The molecule has 0 saturated heterocycles. The number of Topliss-reactive ketones (excluding diaryl/α,β-unsaturated/α-hetero) is 1. The van der Waals surface area contributed by atoms with Gasteiger partial charge in [0, 0.05) is 18.9 Å². The van der Waals surface area contributed by atoms with E-state index in [-0.39, 0.29) is 57.4 Å². The minimum absolute atomic E-state index is 0.0426. The maximum absolute atomic E-state index is 13.9. The number of carbonyl (C=O) groups is 1. The van der Waals surface area contributed by atoms with Crippen LogP contribution >= 0.6 is 0 Å². The van der Waals surface area contributed by atoms with E-state index in [1.165, 1.54) is 0 Å². The highest BCUT2D eigenvalue weighted by Gasteiger charge is 2.85. The molecule has 5 rings (SSSR count). The summed E-state index contributed by atoms with van der Waals surface area (Å²) in [7, 11) is 1.65. The quantitative estimate of drug-likeness (QED) is 0.474. The molecule has 4 unspecified atom stereocenters. The smallest absolute Gasteiger partial charge is 0.165 e. The summed E-state index contributed by atoms with van der Waals surface area (Å²) in [5.41, 5.74) is -0.710. The van der Waals surface area contributed by atoms with Gasteiger partial charge in [0.05, 0.1) is 17.8 Å². The van der Waals surface area contributed by atoms with Gasteiger partial charge in [-0.25, -0.2) is 0 Å². The Kier molecular flexibility index (Phi) is 6.21. The molecule has 5 aliphatic carbocycles. The number of fused-ring (bicyclic) bond motifs is 2. The average Bonchev–Trinajstić information content (AvgIpc) is 3.24. The van der Waals surface area contributed by atoms with Crippen molar-refractivity contribution >= 4 is 5.78 Å². The van der Waals surface area contributed by atoms with E-state index in [0.717, 1.165) is 44.9 Å². The normalized spacial score (nSPS) is 51.0. The maximum atomic E-state index is 13.9. The number of methoxy groups -OCH3 is 1. The van der Waals surface area contributed by atoms with Crippen LogP contribution in [0.1, 0.15) is 99.8 Å². The summed E-state index contributed by atoms with van der Waals surface area (Å²) < 4.78 is 5.59. The third-order valence-corrected chi connectivity index (χ3v) is 13.4. The number of rotatable bonds is 6. The Morgan fingerprint density at radius 2 is 1.69 bits per heavy atom. The molecule has 0 heterocycles. The standard InChI is InChI=1S/C31H52O5/c1-17(9-12-22(36-8)28(5,6)35)23-25(33)26(34)24-19-10-11-20-27(3,4)21(32)13-14-31(20)18(2)30(19,31)16-15-29(23,24)7/h17-25,32-33,35H,9-16H2,1-8H3/t17-,18+,19+,20?,21+,22+,23?,24?,25+,29-,30+,31?/m1/s1. The Morgan fingerprint density at radius 1 is 1.03 bits per heavy atom.